The Balaban J connectivity index is 1.90. The summed E-state index contributed by atoms with van der Waals surface area (Å²) in [5.41, 5.74) is 6.07. The Morgan fingerprint density at radius 3 is 3.17 bits per heavy atom. The smallest absolute Gasteiger partial charge is 0.0935 e. The minimum Gasteiger partial charge on any atom is -0.472 e. The number of nitrogens with two attached hydrogens (primary N) is 1. The maximum absolute atomic E-state index is 5.64. The summed E-state index contributed by atoms with van der Waals surface area (Å²) in [6.07, 6.45) is 6.07. The SMILES string of the molecule is NNC(Cc1ccoc1)c1cnc2ccsc2c1. The number of aromatic nitrogens is 1. The molecule has 3 aromatic heterocycles. The Labute approximate surface area is 108 Å². The third-order valence-corrected chi connectivity index (χ3v) is 3.80. The van der Waals surface area contributed by atoms with E-state index in [1.54, 1.807) is 23.9 Å². The second kappa shape index (κ2) is 4.89. The first-order valence-electron chi connectivity index (χ1n) is 5.67. The quantitative estimate of drug-likeness (QED) is 0.558. The molecule has 0 saturated heterocycles. The van der Waals surface area contributed by atoms with E-state index in [9.17, 15) is 0 Å². The molecule has 5 heteroatoms. The monoisotopic (exact) mass is 259 g/mol. The highest BCUT2D eigenvalue weighted by molar-refractivity contribution is 7.17. The zero-order valence-corrected chi connectivity index (χ0v) is 10.5. The molecule has 1 atom stereocenters. The van der Waals surface area contributed by atoms with Crippen LogP contribution in [0.25, 0.3) is 10.2 Å². The number of hydrazine groups is 1. The van der Waals surface area contributed by atoms with Crippen LogP contribution in [0.5, 0.6) is 0 Å². The summed E-state index contributed by atoms with van der Waals surface area (Å²) in [7, 11) is 0. The zero-order chi connectivity index (χ0) is 12.4. The van der Waals surface area contributed by atoms with Crippen LogP contribution in [0.2, 0.25) is 0 Å². The molecule has 3 N–H and O–H groups in total. The number of nitrogens with zero attached hydrogens (tertiary/aromatic N) is 1. The average molecular weight is 259 g/mol. The van der Waals surface area contributed by atoms with Crippen molar-refractivity contribution in [1.29, 1.82) is 0 Å². The Morgan fingerprint density at radius 2 is 2.39 bits per heavy atom. The van der Waals surface area contributed by atoms with Gasteiger partial charge in [0.25, 0.3) is 0 Å². The van der Waals surface area contributed by atoms with Crippen molar-refractivity contribution in [1.82, 2.24) is 10.4 Å². The van der Waals surface area contributed by atoms with Crippen molar-refractivity contribution in [3.8, 4) is 0 Å². The fourth-order valence-electron chi connectivity index (χ4n) is 1.97. The minimum atomic E-state index is 0.0431. The van der Waals surface area contributed by atoms with Gasteiger partial charge in [0.2, 0.25) is 0 Å². The van der Waals surface area contributed by atoms with Gasteiger partial charge in [0.15, 0.2) is 0 Å². The van der Waals surface area contributed by atoms with Crippen molar-refractivity contribution in [2.24, 2.45) is 5.84 Å². The van der Waals surface area contributed by atoms with Crippen LogP contribution >= 0.6 is 11.3 Å². The highest BCUT2D eigenvalue weighted by atomic mass is 32.1. The van der Waals surface area contributed by atoms with Crippen LogP contribution in [0.1, 0.15) is 17.2 Å². The molecule has 3 aromatic rings. The highest BCUT2D eigenvalue weighted by Gasteiger charge is 2.12. The molecule has 1 unspecified atom stereocenters. The fourth-order valence-corrected chi connectivity index (χ4v) is 2.76. The van der Waals surface area contributed by atoms with E-state index >= 15 is 0 Å². The van der Waals surface area contributed by atoms with E-state index in [1.165, 1.54) is 4.70 Å². The molecule has 0 aliphatic heterocycles. The van der Waals surface area contributed by atoms with E-state index < -0.39 is 0 Å². The number of pyridine rings is 1. The molecule has 3 rings (SSSR count). The van der Waals surface area contributed by atoms with E-state index in [4.69, 9.17) is 10.3 Å². The van der Waals surface area contributed by atoms with Crippen LogP contribution in [-0.2, 0) is 6.42 Å². The van der Waals surface area contributed by atoms with Crippen molar-refractivity contribution >= 4 is 21.6 Å². The molecule has 18 heavy (non-hydrogen) atoms. The van der Waals surface area contributed by atoms with Gasteiger partial charge in [-0.05, 0) is 41.1 Å². The number of furan rings is 1. The van der Waals surface area contributed by atoms with Gasteiger partial charge >= 0.3 is 0 Å². The fraction of sp³-hybridized carbons (Fsp3) is 0.154. The van der Waals surface area contributed by atoms with Gasteiger partial charge in [0, 0.05) is 6.20 Å². The van der Waals surface area contributed by atoms with Gasteiger partial charge in [0.1, 0.15) is 0 Å². The molecule has 4 nitrogen and oxygen atoms in total. The second-order valence-corrected chi connectivity index (χ2v) is 5.08. The number of hydrogen-bond acceptors (Lipinski definition) is 5. The van der Waals surface area contributed by atoms with Crippen molar-refractivity contribution in [2.75, 3.05) is 0 Å². The first-order chi connectivity index (χ1) is 8.86. The Kier molecular flexibility index (Phi) is 3.10. The standard InChI is InChI=1S/C13H13N3OS/c14-16-12(5-9-1-3-17-8-9)10-6-13-11(15-7-10)2-4-18-13/h1-4,6-8,12,16H,5,14H2. The van der Waals surface area contributed by atoms with Gasteiger partial charge in [0.05, 0.1) is 28.8 Å². The molecule has 0 radical (unpaired) electrons. The van der Waals surface area contributed by atoms with Crippen LogP contribution in [0.4, 0.5) is 0 Å². The molecule has 0 amide bonds. The first kappa shape index (κ1) is 11.4. The number of fused-ring (bicyclic) bond motifs is 1. The third-order valence-electron chi connectivity index (χ3n) is 2.95. The molecule has 3 heterocycles. The molecule has 0 bridgehead atoms. The van der Waals surface area contributed by atoms with Crippen molar-refractivity contribution in [2.45, 2.75) is 12.5 Å². The lowest BCUT2D eigenvalue weighted by Crippen LogP contribution is -2.29. The predicted octanol–water partition coefficient (Wildman–Crippen LogP) is 2.64. The van der Waals surface area contributed by atoms with Gasteiger partial charge in [-0.3, -0.25) is 16.3 Å². The van der Waals surface area contributed by atoms with Crippen molar-refractivity contribution in [3.05, 3.63) is 53.4 Å². The van der Waals surface area contributed by atoms with E-state index in [0.717, 1.165) is 23.1 Å². The van der Waals surface area contributed by atoms with Crippen molar-refractivity contribution < 1.29 is 4.42 Å². The minimum absolute atomic E-state index is 0.0431. The Hall–Kier alpha value is -1.69. The predicted molar refractivity (Wildman–Crippen MR) is 72.1 cm³/mol. The summed E-state index contributed by atoms with van der Waals surface area (Å²) in [5.74, 6) is 5.64. The normalized spacial score (nSPS) is 12.9. The largest absolute Gasteiger partial charge is 0.472 e. The Morgan fingerprint density at radius 1 is 1.44 bits per heavy atom. The summed E-state index contributed by atoms with van der Waals surface area (Å²) < 4.78 is 6.25. The maximum Gasteiger partial charge on any atom is 0.0935 e. The summed E-state index contributed by atoms with van der Waals surface area (Å²) in [5, 5.41) is 2.04. The van der Waals surface area contributed by atoms with Crippen LogP contribution in [0, 0.1) is 0 Å². The van der Waals surface area contributed by atoms with Gasteiger partial charge in [-0.25, -0.2) is 0 Å². The first-order valence-corrected chi connectivity index (χ1v) is 6.55. The zero-order valence-electron chi connectivity index (χ0n) is 9.67. The van der Waals surface area contributed by atoms with E-state index in [-0.39, 0.29) is 6.04 Å². The number of rotatable bonds is 4. The summed E-state index contributed by atoms with van der Waals surface area (Å²) in [6, 6.07) is 6.14. The Bertz CT molecular complexity index is 633. The lowest BCUT2D eigenvalue weighted by molar-refractivity contribution is 0.535. The van der Waals surface area contributed by atoms with Gasteiger partial charge in [-0.1, -0.05) is 0 Å². The molecule has 0 aliphatic rings. The van der Waals surface area contributed by atoms with Crippen molar-refractivity contribution in [3.63, 3.8) is 0 Å². The summed E-state index contributed by atoms with van der Waals surface area (Å²) in [6.45, 7) is 0. The van der Waals surface area contributed by atoms with Gasteiger partial charge < -0.3 is 4.42 Å². The van der Waals surface area contributed by atoms with E-state index in [2.05, 4.69) is 16.5 Å². The summed E-state index contributed by atoms with van der Waals surface area (Å²) in [4.78, 5) is 4.43. The summed E-state index contributed by atoms with van der Waals surface area (Å²) >= 11 is 1.69. The lowest BCUT2D eigenvalue weighted by Gasteiger charge is -2.14. The molecule has 0 saturated carbocycles. The van der Waals surface area contributed by atoms with Crippen LogP contribution < -0.4 is 11.3 Å². The molecule has 0 aliphatic carbocycles. The lowest BCUT2D eigenvalue weighted by atomic mass is 10.0. The maximum atomic E-state index is 5.64. The van der Waals surface area contributed by atoms with Gasteiger partial charge in [-0.2, -0.15) is 0 Å². The van der Waals surface area contributed by atoms with E-state index in [0.29, 0.717) is 0 Å². The molecule has 0 aromatic carbocycles. The number of thiophene rings is 1. The topological polar surface area (TPSA) is 64.1 Å². The molecular weight excluding hydrogens is 246 g/mol. The second-order valence-electron chi connectivity index (χ2n) is 4.13. The number of hydrogen-bond donors (Lipinski definition) is 2. The highest BCUT2D eigenvalue weighted by Crippen LogP contribution is 2.24. The molecule has 92 valence electrons. The van der Waals surface area contributed by atoms with Crippen LogP contribution in [0.3, 0.4) is 0 Å². The van der Waals surface area contributed by atoms with Crippen LogP contribution in [0.15, 0.2) is 46.7 Å². The third kappa shape index (κ3) is 2.15. The average Bonchev–Trinajstić information content (AvgIpc) is 3.06. The molecule has 0 spiro atoms. The molecule has 0 fully saturated rings. The van der Waals surface area contributed by atoms with E-state index in [1.807, 2.05) is 23.7 Å². The van der Waals surface area contributed by atoms with Crippen LogP contribution in [-0.4, -0.2) is 4.98 Å². The van der Waals surface area contributed by atoms with Gasteiger partial charge in [-0.15, -0.1) is 11.3 Å². The molecular formula is C13H13N3OS. The number of nitrogens with one attached hydrogen (secondary N) is 1.